The summed E-state index contributed by atoms with van der Waals surface area (Å²) in [6, 6.07) is 7.88. The van der Waals surface area contributed by atoms with Crippen LogP contribution in [-0.4, -0.2) is 45.8 Å². The molecular weight excluding hydrogens is 318 g/mol. The normalized spacial score (nSPS) is 12.0. The molecule has 0 amide bonds. The number of benzene rings is 1. The van der Waals surface area contributed by atoms with Crippen molar-refractivity contribution in [3.63, 3.8) is 0 Å². The number of methoxy groups -OCH3 is 1. The Morgan fingerprint density at radius 3 is 2.44 bits per heavy atom. The van der Waals surface area contributed by atoms with Crippen molar-refractivity contribution in [3.05, 3.63) is 34.3 Å². The van der Waals surface area contributed by atoms with Crippen LogP contribution in [0.15, 0.2) is 28.7 Å². The number of nitrogens with zero attached hydrogens (tertiary/aromatic N) is 1. The quantitative estimate of drug-likeness (QED) is 0.764. The number of halogens is 1. The maximum Gasteiger partial charge on any atom is 0.216 e. The van der Waals surface area contributed by atoms with Gasteiger partial charge in [-0.25, -0.2) is 12.7 Å². The molecule has 0 aliphatic rings. The lowest BCUT2D eigenvalue weighted by atomic mass is 10.1. The Hall–Kier alpha value is -0.430. The van der Waals surface area contributed by atoms with E-state index >= 15 is 0 Å². The van der Waals surface area contributed by atoms with Gasteiger partial charge in [-0.3, -0.25) is 0 Å². The van der Waals surface area contributed by atoms with E-state index in [1.807, 2.05) is 24.3 Å². The third-order valence-electron chi connectivity index (χ3n) is 2.65. The highest BCUT2D eigenvalue weighted by molar-refractivity contribution is 9.10. The first-order valence-electron chi connectivity index (χ1n) is 5.63. The smallest absolute Gasteiger partial charge is 0.216 e. The lowest BCUT2D eigenvalue weighted by Gasteiger charge is -2.16. The van der Waals surface area contributed by atoms with Crippen LogP contribution in [0, 0.1) is 0 Å². The fraction of sp³-hybridized carbons (Fsp3) is 0.500. The van der Waals surface area contributed by atoms with Crippen molar-refractivity contribution in [1.82, 2.24) is 4.31 Å². The molecule has 0 saturated carbocycles. The van der Waals surface area contributed by atoms with Crippen LogP contribution in [-0.2, 0) is 21.2 Å². The van der Waals surface area contributed by atoms with Gasteiger partial charge in [-0.15, -0.1) is 0 Å². The van der Waals surface area contributed by atoms with Crippen molar-refractivity contribution >= 4 is 26.0 Å². The highest BCUT2D eigenvalue weighted by Crippen LogP contribution is 2.11. The van der Waals surface area contributed by atoms with E-state index < -0.39 is 10.0 Å². The van der Waals surface area contributed by atoms with Crippen molar-refractivity contribution in [2.24, 2.45) is 0 Å². The molecule has 0 N–H and O–H groups in total. The van der Waals surface area contributed by atoms with Gasteiger partial charge >= 0.3 is 0 Å². The largest absolute Gasteiger partial charge is 0.384 e. The fourth-order valence-electron chi connectivity index (χ4n) is 1.42. The van der Waals surface area contributed by atoms with E-state index in [1.165, 1.54) is 11.4 Å². The second-order valence-electron chi connectivity index (χ2n) is 4.01. The second-order valence-corrected chi connectivity index (χ2v) is 7.12. The molecule has 0 unspecified atom stereocenters. The molecule has 102 valence electrons. The van der Waals surface area contributed by atoms with Gasteiger partial charge in [0, 0.05) is 25.2 Å². The monoisotopic (exact) mass is 335 g/mol. The van der Waals surface area contributed by atoms with Gasteiger partial charge in [0.1, 0.15) is 0 Å². The van der Waals surface area contributed by atoms with Gasteiger partial charge in [0.25, 0.3) is 0 Å². The molecule has 1 aromatic rings. The van der Waals surface area contributed by atoms with Crippen molar-refractivity contribution in [2.75, 3.05) is 33.1 Å². The Labute approximate surface area is 117 Å². The molecule has 1 aromatic carbocycles. The molecule has 6 heteroatoms. The number of ether oxygens (including phenoxy) is 1. The molecule has 0 spiro atoms. The summed E-state index contributed by atoms with van der Waals surface area (Å²) in [4.78, 5) is 0. The van der Waals surface area contributed by atoms with Crippen LogP contribution in [0.5, 0.6) is 0 Å². The predicted molar refractivity (Wildman–Crippen MR) is 76.1 cm³/mol. The van der Waals surface area contributed by atoms with E-state index in [2.05, 4.69) is 15.9 Å². The minimum Gasteiger partial charge on any atom is -0.384 e. The average molecular weight is 336 g/mol. The zero-order valence-corrected chi connectivity index (χ0v) is 13.0. The van der Waals surface area contributed by atoms with E-state index in [1.54, 1.807) is 7.05 Å². The van der Waals surface area contributed by atoms with Crippen LogP contribution >= 0.6 is 15.9 Å². The van der Waals surface area contributed by atoms with Gasteiger partial charge < -0.3 is 4.74 Å². The highest BCUT2D eigenvalue weighted by Gasteiger charge is 2.16. The SMILES string of the molecule is COCCS(=O)(=O)N(C)CCc1ccc(Br)cc1. The Morgan fingerprint density at radius 1 is 1.28 bits per heavy atom. The first-order valence-corrected chi connectivity index (χ1v) is 8.03. The van der Waals surface area contributed by atoms with Crippen LogP contribution in [0.3, 0.4) is 0 Å². The van der Waals surface area contributed by atoms with Crippen molar-refractivity contribution < 1.29 is 13.2 Å². The maximum atomic E-state index is 11.8. The Balaban J connectivity index is 2.50. The van der Waals surface area contributed by atoms with Gasteiger partial charge in [0.2, 0.25) is 10.0 Å². The number of rotatable bonds is 7. The van der Waals surface area contributed by atoms with Gasteiger partial charge in [0.15, 0.2) is 0 Å². The number of sulfonamides is 1. The number of hydrogen-bond donors (Lipinski definition) is 0. The molecule has 0 atom stereocenters. The van der Waals surface area contributed by atoms with Crippen molar-refractivity contribution in [3.8, 4) is 0 Å². The van der Waals surface area contributed by atoms with E-state index in [4.69, 9.17) is 4.74 Å². The zero-order valence-electron chi connectivity index (χ0n) is 10.6. The summed E-state index contributed by atoms with van der Waals surface area (Å²) in [5, 5.41) is 0. The Morgan fingerprint density at radius 2 is 1.89 bits per heavy atom. The van der Waals surface area contributed by atoms with Crippen LogP contribution in [0.4, 0.5) is 0 Å². The molecule has 4 nitrogen and oxygen atoms in total. The molecular formula is C12H18BrNO3S. The summed E-state index contributed by atoms with van der Waals surface area (Å²) in [6.45, 7) is 0.707. The summed E-state index contributed by atoms with van der Waals surface area (Å²) in [5.41, 5.74) is 1.12. The van der Waals surface area contributed by atoms with Crippen molar-refractivity contribution in [1.29, 1.82) is 0 Å². The molecule has 18 heavy (non-hydrogen) atoms. The van der Waals surface area contributed by atoms with Gasteiger partial charge in [-0.1, -0.05) is 28.1 Å². The summed E-state index contributed by atoms with van der Waals surface area (Å²) in [5.74, 6) is 0.0281. The van der Waals surface area contributed by atoms with Crippen LogP contribution in [0.25, 0.3) is 0 Å². The topological polar surface area (TPSA) is 46.6 Å². The molecule has 0 fully saturated rings. The molecule has 1 rings (SSSR count). The van der Waals surface area contributed by atoms with Crippen LogP contribution in [0.2, 0.25) is 0 Å². The molecule has 0 heterocycles. The van der Waals surface area contributed by atoms with E-state index in [0.717, 1.165) is 10.0 Å². The average Bonchev–Trinajstić information content (AvgIpc) is 2.35. The van der Waals surface area contributed by atoms with Crippen molar-refractivity contribution in [2.45, 2.75) is 6.42 Å². The molecule has 0 saturated heterocycles. The van der Waals surface area contributed by atoms with Gasteiger partial charge in [-0.2, -0.15) is 0 Å². The summed E-state index contributed by atoms with van der Waals surface area (Å²) in [6.07, 6.45) is 0.704. The van der Waals surface area contributed by atoms with Gasteiger partial charge in [0.05, 0.1) is 12.4 Å². The molecule has 0 bridgehead atoms. The Bertz CT molecular complexity index is 459. The Kier molecular flexibility index (Phi) is 6.28. The lowest BCUT2D eigenvalue weighted by molar-refractivity contribution is 0.216. The number of likely N-dealkylation sites (N-methyl/N-ethyl adjacent to an activating group) is 1. The fourth-order valence-corrected chi connectivity index (χ4v) is 2.74. The zero-order chi connectivity index (χ0) is 13.6. The lowest BCUT2D eigenvalue weighted by Crippen LogP contribution is -2.32. The summed E-state index contributed by atoms with van der Waals surface area (Å²) < 4.78 is 30.8. The standard InChI is InChI=1S/C12H18BrNO3S/c1-14(18(15,16)10-9-17-2)8-7-11-3-5-12(13)6-4-11/h3-6H,7-10H2,1-2H3. The van der Waals surface area contributed by atoms with E-state index in [-0.39, 0.29) is 12.4 Å². The molecule has 0 aliphatic heterocycles. The second kappa shape index (κ2) is 7.23. The maximum absolute atomic E-state index is 11.8. The van der Waals surface area contributed by atoms with E-state index in [0.29, 0.717) is 13.0 Å². The summed E-state index contributed by atoms with van der Waals surface area (Å²) >= 11 is 3.37. The third kappa shape index (κ3) is 5.06. The molecule has 0 radical (unpaired) electrons. The van der Waals surface area contributed by atoms with Crippen LogP contribution < -0.4 is 0 Å². The number of hydrogen-bond acceptors (Lipinski definition) is 3. The third-order valence-corrected chi connectivity index (χ3v) is 4.99. The van der Waals surface area contributed by atoms with Crippen LogP contribution in [0.1, 0.15) is 5.56 Å². The van der Waals surface area contributed by atoms with E-state index in [9.17, 15) is 8.42 Å². The molecule has 0 aromatic heterocycles. The first-order chi connectivity index (χ1) is 8.45. The van der Waals surface area contributed by atoms with Gasteiger partial charge in [-0.05, 0) is 24.1 Å². The minimum absolute atomic E-state index is 0.0281. The predicted octanol–water partition coefficient (Wildman–Crippen LogP) is 1.90. The molecule has 0 aliphatic carbocycles. The minimum atomic E-state index is -3.20. The highest BCUT2D eigenvalue weighted by atomic mass is 79.9. The summed E-state index contributed by atoms with van der Waals surface area (Å²) in [7, 11) is -0.103. The first kappa shape index (κ1) is 15.6.